The largest absolute Gasteiger partial charge is 0.478 e. The average Bonchev–Trinajstić information content (AvgIpc) is 2.79. The Morgan fingerprint density at radius 2 is 2.21 bits per heavy atom. The number of rotatable bonds is 4. The first-order chi connectivity index (χ1) is 8.99. The summed E-state index contributed by atoms with van der Waals surface area (Å²) in [6.45, 7) is 4.55. The number of carboxylic acids is 1. The lowest BCUT2D eigenvalue weighted by Crippen LogP contribution is -2.08. The summed E-state index contributed by atoms with van der Waals surface area (Å²) in [4.78, 5) is 15.2. The fraction of sp³-hybridized carbons (Fsp3) is 0.286. The first-order valence-electron chi connectivity index (χ1n) is 6.01. The van der Waals surface area contributed by atoms with Crippen LogP contribution in [-0.2, 0) is 6.54 Å². The van der Waals surface area contributed by atoms with E-state index in [-0.39, 0.29) is 11.5 Å². The number of carboxylic acid groups (broad SMARTS) is 1. The van der Waals surface area contributed by atoms with Crippen molar-refractivity contribution in [3.8, 4) is 0 Å². The van der Waals surface area contributed by atoms with E-state index in [2.05, 4.69) is 4.98 Å². The van der Waals surface area contributed by atoms with Crippen LogP contribution in [0.1, 0.15) is 41.5 Å². The van der Waals surface area contributed by atoms with Gasteiger partial charge in [0.2, 0.25) is 0 Å². The van der Waals surface area contributed by atoms with Crippen molar-refractivity contribution in [1.82, 2.24) is 9.55 Å². The molecule has 1 aromatic heterocycles. The Bertz CT molecular complexity index is 605. The number of aromatic carboxylic acids is 1. The normalized spacial score (nSPS) is 10.9. The number of imidazole rings is 1. The molecule has 0 radical (unpaired) electrons. The van der Waals surface area contributed by atoms with Crippen LogP contribution in [0.3, 0.4) is 0 Å². The van der Waals surface area contributed by atoms with Crippen LogP contribution < -0.4 is 0 Å². The third kappa shape index (κ3) is 2.81. The molecule has 1 aromatic carbocycles. The number of halogens is 1. The maximum Gasteiger partial charge on any atom is 0.338 e. The molecule has 0 aliphatic heterocycles. The van der Waals surface area contributed by atoms with Gasteiger partial charge in [0.1, 0.15) is 11.6 Å². The molecule has 2 rings (SSSR count). The van der Waals surface area contributed by atoms with Crippen molar-refractivity contribution in [2.24, 2.45) is 0 Å². The molecule has 0 unspecified atom stereocenters. The van der Waals surface area contributed by atoms with Gasteiger partial charge in [0.25, 0.3) is 0 Å². The van der Waals surface area contributed by atoms with Crippen molar-refractivity contribution in [3.05, 3.63) is 53.4 Å². The molecule has 0 aliphatic rings. The van der Waals surface area contributed by atoms with Crippen molar-refractivity contribution in [3.63, 3.8) is 0 Å². The molecule has 1 heterocycles. The summed E-state index contributed by atoms with van der Waals surface area (Å²) in [6, 6.07) is 4.14. The Kier molecular flexibility index (Phi) is 3.64. The smallest absolute Gasteiger partial charge is 0.338 e. The van der Waals surface area contributed by atoms with E-state index in [1.807, 2.05) is 24.6 Å². The summed E-state index contributed by atoms with van der Waals surface area (Å²) >= 11 is 0. The summed E-state index contributed by atoms with van der Waals surface area (Å²) in [5.74, 6) is -0.782. The number of nitrogens with zero attached hydrogens (tertiary/aromatic N) is 2. The molecule has 0 fully saturated rings. The number of aromatic nitrogens is 2. The minimum Gasteiger partial charge on any atom is -0.478 e. The number of hydrogen-bond acceptors (Lipinski definition) is 2. The molecule has 0 bridgehead atoms. The number of hydrogen-bond donors (Lipinski definition) is 1. The summed E-state index contributed by atoms with van der Waals surface area (Å²) in [5.41, 5.74) is 0.433. The lowest BCUT2D eigenvalue weighted by molar-refractivity contribution is 0.0691. The van der Waals surface area contributed by atoms with Gasteiger partial charge in [0.05, 0.1) is 5.56 Å². The van der Waals surface area contributed by atoms with Crippen molar-refractivity contribution in [2.75, 3.05) is 0 Å². The minimum absolute atomic E-state index is 0.273. The summed E-state index contributed by atoms with van der Waals surface area (Å²) in [6.07, 6.45) is 3.54. The van der Waals surface area contributed by atoms with Crippen molar-refractivity contribution < 1.29 is 14.3 Å². The Hall–Kier alpha value is -2.17. The first kappa shape index (κ1) is 13.3. The summed E-state index contributed by atoms with van der Waals surface area (Å²) < 4.78 is 15.2. The second kappa shape index (κ2) is 5.22. The number of benzene rings is 1. The van der Waals surface area contributed by atoms with Gasteiger partial charge in [0.15, 0.2) is 0 Å². The lowest BCUT2D eigenvalue weighted by atomic mass is 10.1. The maximum absolute atomic E-state index is 13.3. The molecule has 0 spiro atoms. The van der Waals surface area contributed by atoms with Gasteiger partial charge >= 0.3 is 5.97 Å². The molecule has 0 aliphatic carbocycles. The highest BCUT2D eigenvalue weighted by Gasteiger charge is 2.12. The van der Waals surface area contributed by atoms with Gasteiger partial charge in [-0.1, -0.05) is 19.9 Å². The van der Waals surface area contributed by atoms with Gasteiger partial charge in [-0.3, -0.25) is 0 Å². The van der Waals surface area contributed by atoms with Crippen molar-refractivity contribution >= 4 is 5.97 Å². The Labute approximate surface area is 110 Å². The molecule has 1 N–H and O–H groups in total. The van der Waals surface area contributed by atoms with Crippen LogP contribution in [0.4, 0.5) is 4.39 Å². The van der Waals surface area contributed by atoms with Crippen LogP contribution in [0.15, 0.2) is 30.6 Å². The predicted octanol–water partition coefficient (Wildman–Crippen LogP) is 2.89. The predicted molar refractivity (Wildman–Crippen MR) is 68.8 cm³/mol. The topological polar surface area (TPSA) is 55.1 Å². The molecule has 5 heteroatoms. The van der Waals surface area contributed by atoms with Gasteiger partial charge in [-0.2, -0.15) is 0 Å². The minimum atomic E-state index is -1.26. The van der Waals surface area contributed by atoms with E-state index in [1.165, 1.54) is 12.1 Å². The molecule has 0 saturated carbocycles. The summed E-state index contributed by atoms with van der Waals surface area (Å²) in [7, 11) is 0. The fourth-order valence-electron chi connectivity index (χ4n) is 1.99. The van der Waals surface area contributed by atoms with Crippen molar-refractivity contribution in [2.45, 2.75) is 26.3 Å². The average molecular weight is 262 g/mol. The van der Waals surface area contributed by atoms with E-state index < -0.39 is 11.8 Å². The maximum atomic E-state index is 13.3. The van der Waals surface area contributed by atoms with E-state index in [4.69, 9.17) is 5.11 Å². The van der Waals surface area contributed by atoms with Crippen LogP contribution in [0, 0.1) is 5.82 Å². The molecule has 0 atom stereocenters. The Morgan fingerprint density at radius 1 is 1.47 bits per heavy atom. The monoisotopic (exact) mass is 262 g/mol. The fourth-order valence-corrected chi connectivity index (χ4v) is 1.99. The van der Waals surface area contributed by atoms with Gasteiger partial charge in [-0.05, 0) is 17.7 Å². The molecule has 100 valence electrons. The molecular weight excluding hydrogens is 247 g/mol. The third-order valence-corrected chi connectivity index (χ3v) is 2.88. The highest BCUT2D eigenvalue weighted by molar-refractivity contribution is 5.88. The first-order valence-corrected chi connectivity index (χ1v) is 6.01. The lowest BCUT2D eigenvalue weighted by Gasteiger charge is -2.11. The van der Waals surface area contributed by atoms with Crippen LogP contribution in [0.25, 0.3) is 0 Å². The third-order valence-electron chi connectivity index (χ3n) is 2.88. The van der Waals surface area contributed by atoms with E-state index in [0.29, 0.717) is 6.54 Å². The van der Waals surface area contributed by atoms with Crippen LogP contribution in [0.2, 0.25) is 0 Å². The Morgan fingerprint density at radius 3 is 2.84 bits per heavy atom. The van der Waals surface area contributed by atoms with Gasteiger partial charge in [0, 0.05) is 24.9 Å². The van der Waals surface area contributed by atoms with Crippen molar-refractivity contribution in [1.29, 1.82) is 0 Å². The zero-order chi connectivity index (χ0) is 14.0. The number of carbonyl (C=O) groups is 1. The van der Waals surface area contributed by atoms with Crippen LogP contribution in [-0.4, -0.2) is 20.6 Å². The second-order valence-corrected chi connectivity index (χ2v) is 4.69. The summed E-state index contributed by atoms with van der Waals surface area (Å²) in [5, 5.41) is 8.90. The zero-order valence-electron chi connectivity index (χ0n) is 10.8. The Balaban J connectivity index is 2.31. The second-order valence-electron chi connectivity index (χ2n) is 4.69. The van der Waals surface area contributed by atoms with Gasteiger partial charge < -0.3 is 9.67 Å². The van der Waals surface area contributed by atoms with Crippen LogP contribution >= 0.6 is 0 Å². The van der Waals surface area contributed by atoms with E-state index in [9.17, 15) is 9.18 Å². The molecule has 0 amide bonds. The molecular formula is C14H15FN2O2. The zero-order valence-corrected chi connectivity index (χ0v) is 10.8. The molecule has 19 heavy (non-hydrogen) atoms. The highest BCUT2D eigenvalue weighted by Crippen LogP contribution is 2.16. The van der Waals surface area contributed by atoms with Gasteiger partial charge in [-0.15, -0.1) is 0 Å². The van der Waals surface area contributed by atoms with Gasteiger partial charge in [-0.25, -0.2) is 14.2 Å². The highest BCUT2D eigenvalue weighted by atomic mass is 19.1. The SMILES string of the molecule is CC(C)c1nccn1Cc1ccc(F)c(C(=O)O)c1. The molecule has 0 saturated heterocycles. The molecule has 2 aromatic rings. The van der Waals surface area contributed by atoms with E-state index >= 15 is 0 Å². The van der Waals surface area contributed by atoms with Crippen LogP contribution in [0.5, 0.6) is 0 Å². The molecule has 4 nitrogen and oxygen atoms in total. The van der Waals surface area contributed by atoms with E-state index in [1.54, 1.807) is 12.3 Å². The standard InChI is InChI=1S/C14H15FN2O2/c1-9(2)13-16-5-6-17(13)8-10-3-4-12(15)11(7-10)14(18)19/h3-7,9H,8H2,1-2H3,(H,18,19). The quantitative estimate of drug-likeness (QED) is 0.921. The van der Waals surface area contributed by atoms with E-state index in [0.717, 1.165) is 11.4 Å².